The second-order valence-corrected chi connectivity index (χ2v) is 9.05. The molecule has 10 nitrogen and oxygen atoms in total. The van der Waals surface area contributed by atoms with E-state index in [2.05, 4.69) is 20.4 Å². The zero-order valence-electron chi connectivity index (χ0n) is 19.2. The fourth-order valence-electron chi connectivity index (χ4n) is 4.44. The molecule has 33 heavy (non-hydrogen) atoms. The van der Waals surface area contributed by atoms with Gasteiger partial charge in [-0.3, -0.25) is 0 Å². The molecular formula is C23H31N7O3. The smallest absolute Gasteiger partial charge is 0.319 e. The zero-order valence-corrected chi connectivity index (χ0v) is 19.2. The van der Waals surface area contributed by atoms with Gasteiger partial charge < -0.3 is 29.9 Å². The molecule has 0 radical (unpaired) electrons. The number of benzene rings is 1. The van der Waals surface area contributed by atoms with Gasteiger partial charge in [0.15, 0.2) is 5.82 Å². The first-order valence-electron chi connectivity index (χ1n) is 11.7. The minimum Gasteiger partial charge on any atom is -0.378 e. The van der Waals surface area contributed by atoms with Crippen LogP contribution in [0, 0.1) is 0 Å². The summed E-state index contributed by atoms with van der Waals surface area (Å²) in [5.41, 5.74) is 1.59. The number of carbonyl (C=O) groups is 1. The largest absolute Gasteiger partial charge is 0.378 e. The van der Waals surface area contributed by atoms with Gasteiger partial charge >= 0.3 is 6.03 Å². The van der Waals surface area contributed by atoms with Crippen LogP contribution in [-0.4, -0.2) is 78.6 Å². The Hall–Kier alpha value is -2.98. The van der Waals surface area contributed by atoms with Crippen molar-refractivity contribution in [2.24, 2.45) is 0 Å². The van der Waals surface area contributed by atoms with Crippen molar-refractivity contribution in [1.82, 2.24) is 20.3 Å². The standard InChI is InChI=1S/C23H31N7O3/c1-15(2)24-23(31)25-17-5-3-16(4-6-17)20-26-21(29-9-11-32-12-10-29)28-22(27-20)30-13-18-7-8-19(14-30)33-18/h3-6,15,18-19H,7-14H2,1-2H3,(H2,24,25,31). The SMILES string of the molecule is CC(C)NC(=O)Nc1ccc(-c2nc(N3CCOCC3)nc(N3CC4CCC(C3)O4)n2)cc1. The Morgan fingerprint density at radius 3 is 2.24 bits per heavy atom. The van der Waals surface area contributed by atoms with Crippen molar-refractivity contribution in [2.75, 3.05) is 54.5 Å². The Kier molecular flexibility index (Phi) is 6.28. The van der Waals surface area contributed by atoms with E-state index >= 15 is 0 Å². The van der Waals surface area contributed by atoms with Gasteiger partial charge in [-0.2, -0.15) is 15.0 Å². The maximum absolute atomic E-state index is 12.0. The number of aromatic nitrogens is 3. The lowest BCUT2D eigenvalue weighted by molar-refractivity contribution is 0.0299. The van der Waals surface area contributed by atoms with Crippen LogP contribution in [-0.2, 0) is 9.47 Å². The molecule has 2 bridgehead atoms. The molecule has 0 saturated carbocycles. The maximum atomic E-state index is 12.0. The molecule has 3 saturated heterocycles. The van der Waals surface area contributed by atoms with Crippen molar-refractivity contribution in [3.05, 3.63) is 24.3 Å². The minimum absolute atomic E-state index is 0.0712. The van der Waals surface area contributed by atoms with Crippen LogP contribution >= 0.6 is 0 Å². The number of hydrogen-bond donors (Lipinski definition) is 2. The van der Waals surface area contributed by atoms with Crippen LogP contribution in [0.1, 0.15) is 26.7 Å². The molecule has 1 aromatic carbocycles. The Balaban J connectivity index is 1.41. The number of fused-ring (bicyclic) bond motifs is 2. The number of rotatable bonds is 5. The van der Waals surface area contributed by atoms with Crippen molar-refractivity contribution >= 4 is 23.6 Å². The molecule has 2 N–H and O–H groups in total. The van der Waals surface area contributed by atoms with Crippen LogP contribution < -0.4 is 20.4 Å². The molecule has 4 heterocycles. The van der Waals surface area contributed by atoms with E-state index in [1.165, 1.54) is 0 Å². The van der Waals surface area contributed by atoms with E-state index in [0.29, 0.717) is 36.6 Å². The van der Waals surface area contributed by atoms with E-state index in [0.717, 1.165) is 44.6 Å². The van der Waals surface area contributed by atoms with Gasteiger partial charge in [-0.25, -0.2) is 4.79 Å². The van der Waals surface area contributed by atoms with Crippen LogP contribution in [0.2, 0.25) is 0 Å². The lowest BCUT2D eigenvalue weighted by Gasteiger charge is -2.33. The number of amides is 2. The summed E-state index contributed by atoms with van der Waals surface area (Å²) in [5.74, 6) is 1.99. The Morgan fingerprint density at radius 2 is 1.61 bits per heavy atom. The van der Waals surface area contributed by atoms with E-state index in [4.69, 9.17) is 24.4 Å². The lowest BCUT2D eigenvalue weighted by atomic mass is 10.2. The van der Waals surface area contributed by atoms with Gasteiger partial charge in [-0.1, -0.05) is 0 Å². The highest BCUT2D eigenvalue weighted by Gasteiger charge is 2.35. The number of anilines is 3. The average Bonchev–Trinajstić information content (AvgIpc) is 3.16. The predicted molar refractivity (Wildman–Crippen MR) is 126 cm³/mol. The van der Waals surface area contributed by atoms with Crippen LogP contribution in [0.4, 0.5) is 22.4 Å². The monoisotopic (exact) mass is 453 g/mol. The Morgan fingerprint density at radius 1 is 0.970 bits per heavy atom. The number of carbonyl (C=O) groups excluding carboxylic acids is 1. The number of hydrogen-bond acceptors (Lipinski definition) is 8. The first-order valence-corrected chi connectivity index (χ1v) is 11.7. The molecular weight excluding hydrogens is 422 g/mol. The first kappa shape index (κ1) is 21.8. The number of nitrogens with zero attached hydrogens (tertiary/aromatic N) is 5. The molecule has 0 aliphatic carbocycles. The molecule has 3 fully saturated rings. The summed E-state index contributed by atoms with van der Waals surface area (Å²) >= 11 is 0. The molecule has 1 aromatic heterocycles. The van der Waals surface area contributed by atoms with Gasteiger partial charge in [0, 0.05) is 43.5 Å². The van der Waals surface area contributed by atoms with Crippen molar-refractivity contribution in [2.45, 2.75) is 44.9 Å². The quantitative estimate of drug-likeness (QED) is 0.711. The summed E-state index contributed by atoms with van der Waals surface area (Å²) in [7, 11) is 0. The molecule has 2 amide bonds. The fraction of sp³-hybridized carbons (Fsp3) is 0.565. The molecule has 2 unspecified atom stereocenters. The number of morpholine rings is 2. The highest BCUT2D eigenvalue weighted by atomic mass is 16.5. The van der Waals surface area contributed by atoms with E-state index in [1.54, 1.807) is 0 Å². The number of ether oxygens (including phenoxy) is 2. The van der Waals surface area contributed by atoms with Gasteiger partial charge in [0.25, 0.3) is 0 Å². The highest BCUT2D eigenvalue weighted by molar-refractivity contribution is 5.89. The third kappa shape index (κ3) is 5.17. The van der Waals surface area contributed by atoms with Gasteiger partial charge in [0.05, 0.1) is 25.4 Å². The van der Waals surface area contributed by atoms with Gasteiger partial charge in [-0.15, -0.1) is 0 Å². The summed E-state index contributed by atoms with van der Waals surface area (Å²) in [6, 6.07) is 7.43. The number of nitrogens with one attached hydrogen (secondary N) is 2. The molecule has 3 aliphatic rings. The average molecular weight is 454 g/mol. The molecule has 2 aromatic rings. The van der Waals surface area contributed by atoms with Crippen LogP contribution in [0.5, 0.6) is 0 Å². The van der Waals surface area contributed by atoms with Crippen molar-refractivity contribution in [3.8, 4) is 11.4 Å². The van der Waals surface area contributed by atoms with E-state index in [-0.39, 0.29) is 24.3 Å². The van der Waals surface area contributed by atoms with Crippen LogP contribution in [0.25, 0.3) is 11.4 Å². The molecule has 176 valence electrons. The molecule has 5 rings (SSSR count). The highest BCUT2D eigenvalue weighted by Crippen LogP contribution is 2.30. The number of urea groups is 1. The third-order valence-electron chi connectivity index (χ3n) is 6.05. The van der Waals surface area contributed by atoms with Crippen molar-refractivity contribution < 1.29 is 14.3 Å². The second kappa shape index (κ2) is 9.48. The van der Waals surface area contributed by atoms with E-state index in [1.807, 2.05) is 38.1 Å². The van der Waals surface area contributed by atoms with Gasteiger partial charge in [0.2, 0.25) is 11.9 Å². The molecule has 0 spiro atoms. The Labute approximate surface area is 193 Å². The van der Waals surface area contributed by atoms with Gasteiger partial charge in [-0.05, 0) is 51.0 Å². The third-order valence-corrected chi connectivity index (χ3v) is 6.05. The zero-order chi connectivity index (χ0) is 22.8. The van der Waals surface area contributed by atoms with Crippen molar-refractivity contribution in [1.29, 1.82) is 0 Å². The van der Waals surface area contributed by atoms with Crippen molar-refractivity contribution in [3.63, 3.8) is 0 Å². The maximum Gasteiger partial charge on any atom is 0.319 e. The Bertz CT molecular complexity index is 967. The molecule has 10 heteroatoms. The summed E-state index contributed by atoms with van der Waals surface area (Å²) in [6.45, 7) is 8.29. The summed E-state index contributed by atoms with van der Waals surface area (Å²) in [6.07, 6.45) is 2.68. The summed E-state index contributed by atoms with van der Waals surface area (Å²) < 4.78 is 11.5. The second-order valence-electron chi connectivity index (χ2n) is 9.05. The first-order chi connectivity index (χ1) is 16.0. The summed E-state index contributed by atoms with van der Waals surface area (Å²) in [5, 5.41) is 5.67. The lowest BCUT2D eigenvalue weighted by Crippen LogP contribution is -2.44. The van der Waals surface area contributed by atoms with Crippen LogP contribution in [0.3, 0.4) is 0 Å². The van der Waals surface area contributed by atoms with Gasteiger partial charge in [0.1, 0.15) is 0 Å². The summed E-state index contributed by atoms with van der Waals surface area (Å²) in [4.78, 5) is 30.8. The molecule has 3 aliphatic heterocycles. The molecule has 2 atom stereocenters. The normalized spacial score (nSPS) is 22.5. The fourth-order valence-corrected chi connectivity index (χ4v) is 4.44. The van der Waals surface area contributed by atoms with Crippen LogP contribution in [0.15, 0.2) is 24.3 Å². The topological polar surface area (TPSA) is 105 Å². The van der Waals surface area contributed by atoms with E-state index < -0.39 is 0 Å². The predicted octanol–water partition coefficient (Wildman–Crippen LogP) is 2.27. The van der Waals surface area contributed by atoms with E-state index in [9.17, 15) is 4.79 Å². The minimum atomic E-state index is -0.225.